The maximum absolute atomic E-state index is 10.6. The Labute approximate surface area is 206 Å². The Balaban J connectivity index is 0.000000572. The van der Waals surface area contributed by atoms with Gasteiger partial charge >= 0.3 is 18.1 Å². The van der Waals surface area contributed by atoms with Crippen molar-refractivity contribution in [2.24, 2.45) is 0 Å². The molecule has 0 heterocycles. The monoisotopic (exact) mass is 505 g/mol. The summed E-state index contributed by atoms with van der Waals surface area (Å²) in [6.07, 6.45) is -4.09. The van der Waals surface area contributed by atoms with Gasteiger partial charge in [0, 0.05) is 6.54 Å². The summed E-state index contributed by atoms with van der Waals surface area (Å²) < 4.78 is 43.5. The van der Waals surface area contributed by atoms with E-state index in [1.54, 1.807) is 0 Å². The van der Waals surface area contributed by atoms with E-state index in [1.807, 2.05) is 78.9 Å². The Bertz CT molecular complexity index is 1090. The average Bonchev–Trinajstić information content (AvgIpc) is 2.84. The molecule has 192 valence electrons. The number of carbonyl (C=O) groups is 2. The second-order valence-corrected chi connectivity index (χ2v) is 7.44. The Hall–Kier alpha value is -4.05. The summed E-state index contributed by atoms with van der Waals surface area (Å²) in [7, 11) is 0. The van der Waals surface area contributed by atoms with E-state index in [0.717, 1.165) is 35.8 Å². The van der Waals surface area contributed by atoms with Crippen molar-refractivity contribution in [3.8, 4) is 17.2 Å². The summed E-state index contributed by atoms with van der Waals surface area (Å²) in [5.41, 5.74) is 2.21. The SMILES string of the molecule is O=C(O)C(F)(F)F.O=C(O)CCNCCc1ccc(OCc2cccc(Oc3ccccc3)c2)cc1. The molecule has 0 fully saturated rings. The number of rotatable bonds is 11. The summed E-state index contributed by atoms with van der Waals surface area (Å²) in [4.78, 5) is 19.4. The molecule has 3 aromatic carbocycles. The van der Waals surface area contributed by atoms with E-state index in [-0.39, 0.29) is 6.42 Å². The van der Waals surface area contributed by atoms with Crippen LogP contribution in [0.2, 0.25) is 0 Å². The van der Waals surface area contributed by atoms with Crippen LogP contribution in [-0.2, 0) is 22.6 Å². The third-order valence-corrected chi connectivity index (χ3v) is 4.55. The van der Waals surface area contributed by atoms with E-state index in [2.05, 4.69) is 5.32 Å². The van der Waals surface area contributed by atoms with Crippen molar-refractivity contribution < 1.29 is 42.4 Å². The summed E-state index contributed by atoms with van der Waals surface area (Å²) in [5.74, 6) is -1.15. The van der Waals surface area contributed by atoms with Gasteiger partial charge in [-0.3, -0.25) is 4.79 Å². The van der Waals surface area contributed by atoms with Crippen LogP contribution in [0.1, 0.15) is 17.5 Å². The Kier molecular flexibility index (Phi) is 11.3. The second-order valence-electron chi connectivity index (χ2n) is 7.44. The van der Waals surface area contributed by atoms with Crippen LogP contribution in [0.25, 0.3) is 0 Å². The molecule has 7 nitrogen and oxygen atoms in total. The Morgan fingerprint density at radius 1 is 0.778 bits per heavy atom. The molecule has 0 aliphatic rings. The lowest BCUT2D eigenvalue weighted by Gasteiger charge is -2.10. The highest BCUT2D eigenvalue weighted by molar-refractivity contribution is 5.73. The topological polar surface area (TPSA) is 105 Å². The molecule has 0 aliphatic carbocycles. The molecule has 0 saturated carbocycles. The molecule has 0 unspecified atom stereocenters. The number of alkyl halides is 3. The number of carboxylic acids is 2. The first kappa shape index (κ1) is 28.2. The highest BCUT2D eigenvalue weighted by Gasteiger charge is 2.38. The largest absolute Gasteiger partial charge is 0.490 e. The first-order chi connectivity index (χ1) is 17.1. The lowest BCUT2D eigenvalue weighted by atomic mass is 10.1. The Morgan fingerprint density at radius 2 is 1.42 bits per heavy atom. The van der Waals surface area contributed by atoms with Crippen LogP contribution in [-0.4, -0.2) is 41.4 Å². The average molecular weight is 505 g/mol. The number of nitrogens with one attached hydrogen (secondary N) is 1. The van der Waals surface area contributed by atoms with Gasteiger partial charge in [0.05, 0.1) is 6.42 Å². The number of para-hydroxylation sites is 1. The highest BCUT2D eigenvalue weighted by Crippen LogP contribution is 2.23. The van der Waals surface area contributed by atoms with Crippen LogP contribution in [0.15, 0.2) is 78.9 Å². The molecule has 3 N–H and O–H groups in total. The van der Waals surface area contributed by atoms with E-state index in [9.17, 15) is 18.0 Å². The first-order valence-corrected chi connectivity index (χ1v) is 10.9. The van der Waals surface area contributed by atoms with E-state index in [1.165, 1.54) is 5.56 Å². The van der Waals surface area contributed by atoms with E-state index in [0.29, 0.717) is 13.2 Å². The van der Waals surface area contributed by atoms with Crippen molar-refractivity contribution >= 4 is 11.9 Å². The molecule has 0 radical (unpaired) electrons. The molecule has 36 heavy (non-hydrogen) atoms. The molecular formula is C26H26F3NO6. The van der Waals surface area contributed by atoms with Gasteiger partial charge in [-0.25, -0.2) is 4.79 Å². The van der Waals surface area contributed by atoms with Gasteiger partial charge in [-0.05, 0) is 60.5 Å². The maximum atomic E-state index is 10.6. The normalized spacial score (nSPS) is 10.6. The zero-order valence-corrected chi connectivity index (χ0v) is 19.2. The number of halogens is 3. The van der Waals surface area contributed by atoms with Crippen LogP contribution in [0.3, 0.4) is 0 Å². The van der Waals surface area contributed by atoms with Crippen molar-refractivity contribution in [3.63, 3.8) is 0 Å². The summed E-state index contributed by atoms with van der Waals surface area (Å²) in [6.45, 7) is 1.70. The standard InChI is InChI=1S/C24H25NO4.C2HF3O2/c26-24(27)14-16-25-15-13-19-9-11-21(12-10-19)28-18-20-5-4-8-23(17-20)29-22-6-2-1-3-7-22;3-2(4,5)1(6)7/h1-12,17,25H,13-16,18H2,(H,26,27);(H,6,7). The lowest BCUT2D eigenvalue weighted by Crippen LogP contribution is -2.21. The number of hydrogen-bond acceptors (Lipinski definition) is 5. The van der Waals surface area contributed by atoms with E-state index >= 15 is 0 Å². The van der Waals surface area contributed by atoms with Crippen molar-refractivity contribution in [3.05, 3.63) is 90.0 Å². The molecule has 0 atom stereocenters. The van der Waals surface area contributed by atoms with Gasteiger partial charge in [-0.1, -0.05) is 42.5 Å². The van der Waals surface area contributed by atoms with Crippen molar-refractivity contribution in [1.29, 1.82) is 0 Å². The van der Waals surface area contributed by atoms with Gasteiger partial charge in [-0.15, -0.1) is 0 Å². The molecule has 3 rings (SSSR count). The van der Waals surface area contributed by atoms with Crippen LogP contribution in [0.4, 0.5) is 13.2 Å². The zero-order chi connectivity index (χ0) is 26.4. The number of carboxylic acid groups (broad SMARTS) is 2. The van der Waals surface area contributed by atoms with Crippen LogP contribution >= 0.6 is 0 Å². The smallest absolute Gasteiger partial charge is 0.489 e. The van der Waals surface area contributed by atoms with Gasteiger partial charge in [0.2, 0.25) is 0 Å². The lowest BCUT2D eigenvalue weighted by molar-refractivity contribution is -0.192. The van der Waals surface area contributed by atoms with E-state index in [4.69, 9.17) is 24.5 Å². The minimum Gasteiger partial charge on any atom is -0.489 e. The quantitative estimate of drug-likeness (QED) is 0.304. The number of benzene rings is 3. The van der Waals surface area contributed by atoms with Gasteiger partial charge < -0.3 is 25.0 Å². The number of ether oxygens (including phenoxy) is 2. The van der Waals surface area contributed by atoms with Gasteiger partial charge in [0.15, 0.2) is 0 Å². The fourth-order valence-corrected chi connectivity index (χ4v) is 2.80. The summed E-state index contributed by atoms with van der Waals surface area (Å²) >= 11 is 0. The Morgan fingerprint density at radius 3 is 2.03 bits per heavy atom. The molecule has 0 bridgehead atoms. The van der Waals surface area contributed by atoms with E-state index < -0.39 is 18.1 Å². The van der Waals surface area contributed by atoms with Crippen molar-refractivity contribution in [2.45, 2.75) is 25.6 Å². The van der Waals surface area contributed by atoms with Gasteiger partial charge in [0.25, 0.3) is 0 Å². The van der Waals surface area contributed by atoms with Gasteiger partial charge in [0.1, 0.15) is 23.9 Å². The van der Waals surface area contributed by atoms with Crippen LogP contribution < -0.4 is 14.8 Å². The maximum Gasteiger partial charge on any atom is 0.490 e. The molecule has 0 saturated heterocycles. The molecule has 3 aromatic rings. The second kappa shape index (κ2) is 14.4. The van der Waals surface area contributed by atoms with Crippen molar-refractivity contribution in [2.75, 3.05) is 13.1 Å². The fourth-order valence-electron chi connectivity index (χ4n) is 2.80. The highest BCUT2D eigenvalue weighted by atomic mass is 19.4. The minimum absolute atomic E-state index is 0.143. The third-order valence-electron chi connectivity index (χ3n) is 4.55. The van der Waals surface area contributed by atoms with Crippen LogP contribution in [0, 0.1) is 0 Å². The van der Waals surface area contributed by atoms with Crippen LogP contribution in [0.5, 0.6) is 17.2 Å². The predicted octanol–water partition coefficient (Wildman–Crippen LogP) is 5.30. The predicted molar refractivity (Wildman–Crippen MR) is 126 cm³/mol. The molecular weight excluding hydrogens is 479 g/mol. The summed E-state index contributed by atoms with van der Waals surface area (Å²) in [6, 6.07) is 25.5. The number of aliphatic carboxylic acids is 2. The molecule has 10 heteroatoms. The fraction of sp³-hybridized carbons (Fsp3) is 0.231. The summed E-state index contributed by atoms with van der Waals surface area (Å²) in [5, 5.41) is 18.9. The van der Waals surface area contributed by atoms with Gasteiger partial charge in [-0.2, -0.15) is 13.2 Å². The minimum atomic E-state index is -5.08. The zero-order valence-electron chi connectivity index (χ0n) is 19.2. The third kappa shape index (κ3) is 11.4. The molecule has 0 amide bonds. The van der Waals surface area contributed by atoms with Crippen molar-refractivity contribution in [1.82, 2.24) is 5.32 Å². The molecule has 0 aromatic heterocycles. The molecule has 0 spiro atoms. The number of hydrogen-bond donors (Lipinski definition) is 3. The molecule has 0 aliphatic heterocycles. The first-order valence-electron chi connectivity index (χ1n) is 10.9.